The van der Waals surface area contributed by atoms with Gasteiger partial charge in [-0.1, -0.05) is 11.6 Å². The van der Waals surface area contributed by atoms with Crippen LogP contribution in [0, 0.1) is 0 Å². The van der Waals surface area contributed by atoms with Crippen LogP contribution in [0.4, 0.5) is 0 Å². The van der Waals surface area contributed by atoms with Crippen LogP contribution in [0.25, 0.3) is 0 Å². The quantitative estimate of drug-likeness (QED) is 0.801. The van der Waals surface area contributed by atoms with Crippen molar-refractivity contribution >= 4 is 21.6 Å². The fourth-order valence-electron chi connectivity index (χ4n) is 2.46. The summed E-state index contributed by atoms with van der Waals surface area (Å²) in [6, 6.07) is 6.11. The molecule has 1 aromatic heterocycles. The third-order valence-electron chi connectivity index (χ3n) is 3.66. The monoisotopic (exact) mass is 369 g/mol. The lowest BCUT2D eigenvalue weighted by Crippen LogP contribution is -2.31. The van der Waals surface area contributed by atoms with Crippen LogP contribution >= 0.6 is 11.6 Å². The Morgan fingerprint density at radius 3 is 2.50 bits per heavy atom. The molecule has 0 spiro atoms. The highest BCUT2D eigenvalue weighted by molar-refractivity contribution is 7.89. The normalized spacial score (nSPS) is 18.5. The van der Waals surface area contributed by atoms with Crippen molar-refractivity contribution in [3.8, 4) is 11.8 Å². The maximum atomic E-state index is 12.6. The van der Waals surface area contributed by atoms with E-state index in [-0.39, 0.29) is 29.3 Å². The standard InChI is InChI=1S/C15H16ClN3O4S/c1-22-14-15(18-8-7-17-14)23-12-6-9-19(10-12)24(20,21)13-4-2-11(16)3-5-13/h2-5,7-8,12H,6,9-10H2,1H3. The van der Waals surface area contributed by atoms with E-state index in [1.165, 1.54) is 35.9 Å². The topological polar surface area (TPSA) is 81.6 Å². The number of hydrogen-bond donors (Lipinski definition) is 0. The molecule has 3 rings (SSSR count). The first-order valence-corrected chi connectivity index (χ1v) is 9.10. The number of rotatable bonds is 5. The van der Waals surface area contributed by atoms with Crippen LogP contribution in [0.3, 0.4) is 0 Å². The second-order valence-electron chi connectivity index (χ2n) is 5.22. The van der Waals surface area contributed by atoms with E-state index in [1.807, 2.05) is 0 Å². The summed E-state index contributed by atoms with van der Waals surface area (Å²) in [6.07, 6.45) is 3.25. The van der Waals surface area contributed by atoms with E-state index in [0.29, 0.717) is 18.0 Å². The Labute approximate surface area is 145 Å². The molecule has 1 aliphatic rings. The van der Waals surface area contributed by atoms with E-state index >= 15 is 0 Å². The third kappa shape index (κ3) is 3.45. The SMILES string of the molecule is COc1nccnc1OC1CCN(S(=O)(=O)c2ccc(Cl)cc2)C1. The summed E-state index contributed by atoms with van der Waals surface area (Å²) in [5.74, 6) is 0.534. The van der Waals surface area contributed by atoms with Gasteiger partial charge in [0.1, 0.15) is 6.10 Å². The summed E-state index contributed by atoms with van der Waals surface area (Å²) in [5.41, 5.74) is 0. The smallest absolute Gasteiger partial charge is 0.278 e. The summed E-state index contributed by atoms with van der Waals surface area (Å²) >= 11 is 5.81. The average Bonchev–Trinajstić information content (AvgIpc) is 3.05. The van der Waals surface area contributed by atoms with Gasteiger partial charge in [0.2, 0.25) is 10.0 Å². The molecule has 2 heterocycles. The first-order valence-electron chi connectivity index (χ1n) is 7.28. The van der Waals surface area contributed by atoms with Crippen LogP contribution in [0.2, 0.25) is 5.02 Å². The predicted octanol–water partition coefficient (Wildman–Crippen LogP) is 1.98. The molecule has 1 unspecified atom stereocenters. The van der Waals surface area contributed by atoms with Gasteiger partial charge in [0.25, 0.3) is 11.8 Å². The summed E-state index contributed by atoms with van der Waals surface area (Å²) < 4.78 is 37.5. The molecule has 1 fully saturated rings. The van der Waals surface area contributed by atoms with Crippen molar-refractivity contribution in [1.29, 1.82) is 0 Å². The van der Waals surface area contributed by atoms with Crippen molar-refractivity contribution in [2.75, 3.05) is 20.2 Å². The molecule has 9 heteroatoms. The molecule has 0 amide bonds. The van der Waals surface area contributed by atoms with Crippen molar-refractivity contribution in [3.05, 3.63) is 41.7 Å². The van der Waals surface area contributed by atoms with Gasteiger partial charge in [-0.05, 0) is 30.7 Å². The number of methoxy groups -OCH3 is 1. The number of hydrogen-bond acceptors (Lipinski definition) is 6. The Morgan fingerprint density at radius 2 is 1.83 bits per heavy atom. The lowest BCUT2D eigenvalue weighted by atomic mass is 10.3. The summed E-state index contributed by atoms with van der Waals surface area (Å²) in [7, 11) is -2.09. The Hall–Kier alpha value is -1.90. The molecule has 7 nitrogen and oxygen atoms in total. The lowest BCUT2D eigenvalue weighted by Gasteiger charge is -2.17. The highest BCUT2D eigenvalue weighted by Crippen LogP contribution is 2.27. The molecule has 0 saturated carbocycles. The molecule has 1 saturated heterocycles. The predicted molar refractivity (Wildman–Crippen MR) is 87.8 cm³/mol. The van der Waals surface area contributed by atoms with Gasteiger partial charge in [0, 0.05) is 24.0 Å². The van der Waals surface area contributed by atoms with Crippen molar-refractivity contribution in [2.45, 2.75) is 17.4 Å². The van der Waals surface area contributed by atoms with Gasteiger partial charge < -0.3 is 9.47 Å². The highest BCUT2D eigenvalue weighted by Gasteiger charge is 2.34. The van der Waals surface area contributed by atoms with E-state index < -0.39 is 10.0 Å². The largest absolute Gasteiger partial charge is 0.477 e. The Morgan fingerprint density at radius 1 is 1.17 bits per heavy atom. The first-order chi connectivity index (χ1) is 11.5. The molecular weight excluding hydrogens is 354 g/mol. The van der Waals surface area contributed by atoms with E-state index in [9.17, 15) is 8.42 Å². The van der Waals surface area contributed by atoms with Gasteiger partial charge >= 0.3 is 0 Å². The van der Waals surface area contributed by atoms with Gasteiger partial charge in [-0.25, -0.2) is 18.4 Å². The molecule has 0 radical (unpaired) electrons. The van der Waals surface area contributed by atoms with Crippen LogP contribution in [-0.2, 0) is 10.0 Å². The zero-order chi connectivity index (χ0) is 17.2. The molecule has 0 bridgehead atoms. The zero-order valence-corrected chi connectivity index (χ0v) is 14.5. The molecule has 1 aromatic carbocycles. The van der Waals surface area contributed by atoms with E-state index in [1.54, 1.807) is 12.1 Å². The minimum Gasteiger partial charge on any atom is -0.477 e. The molecule has 2 aromatic rings. The van der Waals surface area contributed by atoms with Gasteiger partial charge in [0.05, 0.1) is 18.6 Å². The minimum atomic E-state index is -3.57. The summed E-state index contributed by atoms with van der Waals surface area (Å²) in [6.45, 7) is 0.614. The summed E-state index contributed by atoms with van der Waals surface area (Å²) in [5, 5.41) is 0.492. The van der Waals surface area contributed by atoms with E-state index in [4.69, 9.17) is 21.1 Å². The molecule has 0 N–H and O–H groups in total. The second kappa shape index (κ2) is 6.92. The molecule has 1 atom stereocenters. The molecule has 1 aliphatic heterocycles. The molecule has 0 aliphatic carbocycles. The van der Waals surface area contributed by atoms with Crippen LogP contribution in [0.15, 0.2) is 41.6 Å². The molecule has 24 heavy (non-hydrogen) atoms. The van der Waals surface area contributed by atoms with Crippen molar-refractivity contribution in [2.24, 2.45) is 0 Å². The molecule has 128 valence electrons. The van der Waals surface area contributed by atoms with Crippen LogP contribution < -0.4 is 9.47 Å². The minimum absolute atomic E-state index is 0.213. The maximum Gasteiger partial charge on any atom is 0.278 e. The Balaban J connectivity index is 1.72. The van der Waals surface area contributed by atoms with Crippen LogP contribution in [0.1, 0.15) is 6.42 Å². The number of benzene rings is 1. The van der Waals surface area contributed by atoms with Crippen molar-refractivity contribution in [1.82, 2.24) is 14.3 Å². The number of sulfonamides is 1. The van der Waals surface area contributed by atoms with Gasteiger partial charge in [-0.15, -0.1) is 0 Å². The van der Waals surface area contributed by atoms with Gasteiger partial charge in [-0.2, -0.15) is 4.31 Å². The molecular formula is C15H16ClN3O4S. The fourth-order valence-corrected chi connectivity index (χ4v) is 4.07. The number of aromatic nitrogens is 2. The lowest BCUT2D eigenvalue weighted by molar-refractivity contribution is 0.194. The van der Waals surface area contributed by atoms with Crippen molar-refractivity contribution < 1.29 is 17.9 Å². The third-order valence-corrected chi connectivity index (χ3v) is 5.80. The van der Waals surface area contributed by atoms with Crippen LogP contribution in [0.5, 0.6) is 11.8 Å². The van der Waals surface area contributed by atoms with Crippen LogP contribution in [-0.4, -0.2) is 49.0 Å². The number of nitrogens with zero attached hydrogens (tertiary/aromatic N) is 3. The number of halogens is 1. The Bertz CT molecular complexity index is 814. The maximum absolute atomic E-state index is 12.6. The van der Waals surface area contributed by atoms with Gasteiger partial charge in [0.15, 0.2) is 0 Å². The fraction of sp³-hybridized carbons (Fsp3) is 0.333. The van der Waals surface area contributed by atoms with Gasteiger partial charge in [-0.3, -0.25) is 0 Å². The Kier molecular flexibility index (Phi) is 4.88. The summed E-state index contributed by atoms with van der Waals surface area (Å²) in [4.78, 5) is 8.30. The average molecular weight is 370 g/mol. The first kappa shape index (κ1) is 16.9. The van der Waals surface area contributed by atoms with E-state index in [2.05, 4.69) is 9.97 Å². The van der Waals surface area contributed by atoms with Crippen molar-refractivity contribution in [3.63, 3.8) is 0 Å². The number of ether oxygens (including phenoxy) is 2. The second-order valence-corrected chi connectivity index (χ2v) is 7.59. The van der Waals surface area contributed by atoms with E-state index in [0.717, 1.165) is 0 Å². The zero-order valence-electron chi connectivity index (χ0n) is 12.9. The highest BCUT2D eigenvalue weighted by atomic mass is 35.5.